The second-order valence-corrected chi connectivity index (χ2v) is 12.0. The standard InChI is InChI=1S/C28H37ClO7/c1-6-22(33)35-14-21(32)28(36-23(34)7-2)15(3)10-18-24-19(29)12-16-11-17(30)8-9-26(16,4)25(24)20(31)13-27(18,28)5/h8-9,11,15,18-20,24-25,31H,6-7,10,12-14H2,1-5H3/t15-,18+,19-,20+,24+,25-,26+,27+,28?/m1/s1. The van der Waals surface area contributed by atoms with Crippen molar-refractivity contribution in [1.29, 1.82) is 0 Å². The number of carbonyl (C=O) groups excluding carboxylic acids is 4. The minimum Gasteiger partial charge on any atom is -0.457 e. The molecule has 0 amide bonds. The maximum absolute atomic E-state index is 13.9. The van der Waals surface area contributed by atoms with Gasteiger partial charge in [-0.15, -0.1) is 11.6 Å². The Bertz CT molecular complexity index is 1030. The van der Waals surface area contributed by atoms with E-state index in [-0.39, 0.29) is 54.1 Å². The Kier molecular flexibility index (Phi) is 7.06. The molecule has 0 spiro atoms. The molecular formula is C28H37ClO7. The van der Waals surface area contributed by atoms with Gasteiger partial charge < -0.3 is 14.6 Å². The Morgan fingerprint density at radius 2 is 1.83 bits per heavy atom. The number of ketones is 2. The number of hydrogen-bond acceptors (Lipinski definition) is 7. The quantitative estimate of drug-likeness (QED) is 0.417. The van der Waals surface area contributed by atoms with Gasteiger partial charge in [0.1, 0.15) is 0 Å². The lowest BCUT2D eigenvalue weighted by atomic mass is 9.46. The fourth-order valence-corrected chi connectivity index (χ4v) is 8.54. The fraction of sp³-hybridized carbons (Fsp3) is 0.714. The normalized spacial score (nSPS) is 43.1. The Labute approximate surface area is 217 Å². The highest BCUT2D eigenvalue weighted by Crippen LogP contribution is 2.69. The molecule has 1 unspecified atom stereocenters. The van der Waals surface area contributed by atoms with E-state index >= 15 is 0 Å². The number of aliphatic hydroxyl groups excluding tert-OH is 1. The van der Waals surface area contributed by atoms with Crippen molar-refractivity contribution in [3.8, 4) is 0 Å². The summed E-state index contributed by atoms with van der Waals surface area (Å²) < 4.78 is 11.3. The zero-order chi connectivity index (χ0) is 26.6. The molecule has 4 aliphatic carbocycles. The van der Waals surface area contributed by atoms with Crippen LogP contribution in [0, 0.1) is 34.5 Å². The molecule has 4 rings (SSSR count). The van der Waals surface area contributed by atoms with E-state index in [0.29, 0.717) is 12.8 Å². The topological polar surface area (TPSA) is 107 Å². The number of fused-ring (bicyclic) bond motifs is 5. The first-order chi connectivity index (χ1) is 16.9. The van der Waals surface area contributed by atoms with Crippen molar-refractivity contribution in [1.82, 2.24) is 0 Å². The van der Waals surface area contributed by atoms with Crippen LogP contribution in [-0.2, 0) is 28.7 Å². The van der Waals surface area contributed by atoms with E-state index in [4.69, 9.17) is 21.1 Å². The largest absolute Gasteiger partial charge is 0.457 e. The maximum Gasteiger partial charge on any atom is 0.306 e. The molecule has 4 aliphatic rings. The predicted molar refractivity (Wildman–Crippen MR) is 133 cm³/mol. The third-order valence-corrected chi connectivity index (χ3v) is 10.1. The van der Waals surface area contributed by atoms with Crippen LogP contribution < -0.4 is 0 Å². The SMILES string of the molecule is CCC(=O)OCC(=O)C1(OC(=O)CC)[C@H](C)C[C@H]2[C@@H]3[C@@H]([C@@H](O)C[C@@]21C)[C@@]1(C)C=CC(=O)C=C1C[C@H]3Cl. The average Bonchev–Trinajstić information content (AvgIpc) is 3.04. The Balaban J connectivity index is 1.79. The smallest absolute Gasteiger partial charge is 0.306 e. The summed E-state index contributed by atoms with van der Waals surface area (Å²) in [6, 6.07) is 0. The van der Waals surface area contributed by atoms with Crippen molar-refractivity contribution in [2.45, 2.75) is 83.8 Å². The summed E-state index contributed by atoms with van der Waals surface area (Å²) in [7, 11) is 0. The zero-order valence-electron chi connectivity index (χ0n) is 21.7. The molecule has 8 heteroatoms. The Morgan fingerprint density at radius 1 is 1.17 bits per heavy atom. The van der Waals surface area contributed by atoms with Gasteiger partial charge in [0.25, 0.3) is 0 Å². The molecule has 0 bridgehead atoms. The van der Waals surface area contributed by atoms with Gasteiger partial charge in [-0.05, 0) is 43.3 Å². The summed E-state index contributed by atoms with van der Waals surface area (Å²) in [5.74, 6) is -2.44. The van der Waals surface area contributed by atoms with Gasteiger partial charge in [-0.2, -0.15) is 0 Å². The number of ether oxygens (including phenoxy) is 2. The van der Waals surface area contributed by atoms with Crippen LogP contribution >= 0.6 is 11.6 Å². The number of allylic oxidation sites excluding steroid dienone is 4. The van der Waals surface area contributed by atoms with Crippen molar-refractivity contribution in [2.24, 2.45) is 34.5 Å². The van der Waals surface area contributed by atoms with Crippen LogP contribution in [0.5, 0.6) is 0 Å². The second kappa shape index (κ2) is 9.39. The lowest BCUT2D eigenvalue weighted by Gasteiger charge is -2.61. The number of esters is 2. The van der Waals surface area contributed by atoms with Gasteiger partial charge in [-0.3, -0.25) is 19.2 Å². The highest BCUT2D eigenvalue weighted by molar-refractivity contribution is 6.21. The first-order valence-electron chi connectivity index (χ1n) is 13.0. The van der Waals surface area contributed by atoms with Crippen LogP contribution in [0.3, 0.4) is 0 Å². The van der Waals surface area contributed by atoms with Crippen LogP contribution in [0.4, 0.5) is 0 Å². The molecule has 0 aromatic heterocycles. The molecule has 7 nitrogen and oxygen atoms in total. The minimum atomic E-state index is -1.54. The number of aliphatic hydroxyl groups is 1. The number of carbonyl (C=O) groups is 4. The summed E-state index contributed by atoms with van der Waals surface area (Å²) in [5.41, 5.74) is -2.06. The van der Waals surface area contributed by atoms with E-state index in [2.05, 4.69) is 0 Å². The monoisotopic (exact) mass is 520 g/mol. The molecule has 9 atom stereocenters. The highest BCUT2D eigenvalue weighted by atomic mass is 35.5. The van der Waals surface area contributed by atoms with E-state index in [9.17, 15) is 24.3 Å². The van der Waals surface area contributed by atoms with E-state index in [0.717, 1.165) is 5.57 Å². The molecule has 1 N–H and O–H groups in total. The first kappa shape index (κ1) is 27.1. The number of Topliss-reactive ketones (excluding diaryl/α,β-unsaturated/α-hetero) is 1. The first-order valence-corrected chi connectivity index (χ1v) is 13.5. The van der Waals surface area contributed by atoms with Crippen LogP contribution in [0.2, 0.25) is 0 Å². The van der Waals surface area contributed by atoms with Gasteiger partial charge in [-0.25, -0.2) is 0 Å². The summed E-state index contributed by atoms with van der Waals surface area (Å²) in [4.78, 5) is 50.5. The van der Waals surface area contributed by atoms with E-state index in [1.54, 1.807) is 26.0 Å². The lowest BCUT2D eigenvalue weighted by Crippen LogP contribution is -2.65. The van der Waals surface area contributed by atoms with Crippen LogP contribution in [0.1, 0.15) is 66.7 Å². The van der Waals surface area contributed by atoms with Gasteiger partial charge >= 0.3 is 11.9 Å². The molecule has 198 valence electrons. The van der Waals surface area contributed by atoms with Crippen molar-refractivity contribution in [3.63, 3.8) is 0 Å². The minimum absolute atomic E-state index is 0.0767. The van der Waals surface area contributed by atoms with Gasteiger partial charge in [-0.1, -0.05) is 46.3 Å². The molecule has 0 radical (unpaired) electrons. The number of hydrogen-bond donors (Lipinski definition) is 1. The highest BCUT2D eigenvalue weighted by Gasteiger charge is 2.73. The van der Waals surface area contributed by atoms with E-state index in [1.165, 1.54) is 0 Å². The summed E-state index contributed by atoms with van der Waals surface area (Å²) in [6.45, 7) is 8.69. The fourth-order valence-electron chi connectivity index (χ4n) is 8.04. The maximum atomic E-state index is 13.9. The van der Waals surface area contributed by atoms with Crippen LogP contribution in [0.25, 0.3) is 0 Å². The molecule has 3 saturated carbocycles. The molecule has 0 saturated heterocycles. The van der Waals surface area contributed by atoms with Crippen molar-refractivity contribution in [3.05, 3.63) is 23.8 Å². The second-order valence-electron chi connectivity index (χ2n) is 11.4. The van der Waals surface area contributed by atoms with Gasteiger partial charge in [0.2, 0.25) is 5.78 Å². The lowest BCUT2D eigenvalue weighted by molar-refractivity contribution is -0.205. The zero-order valence-corrected chi connectivity index (χ0v) is 22.5. The molecule has 36 heavy (non-hydrogen) atoms. The number of alkyl halides is 1. The van der Waals surface area contributed by atoms with E-state index in [1.807, 2.05) is 26.8 Å². The summed E-state index contributed by atoms with van der Waals surface area (Å²) >= 11 is 7.04. The van der Waals surface area contributed by atoms with Crippen LogP contribution in [0.15, 0.2) is 23.8 Å². The van der Waals surface area contributed by atoms with Crippen molar-refractivity contribution >= 4 is 35.1 Å². The molecule has 0 aromatic carbocycles. The van der Waals surface area contributed by atoms with Crippen LogP contribution in [-0.4, -0.2) is 52.3 Å². The summed E-state index contributed by atoms with van der Waals surface area (Å²) in [6.07, 6.45) is 5.79. The third-order valence-electron chi connectivity index (χ3n) is 9.65. The predicted octanol–water partition coefficient (Wildman–Crippen LogP) is 3.94. The average molecular weight is 521 g/mol. The van der Waals surface area contributed by atoms with Crippen molar-refractivity contribution < 1.29 is 33.8 Å². The molecule has 0 aliphatic heterocycles. The third kappa shape index (κ3) is 3.80. The molecule has 3 fully saturated rings. The summed E-state index contributed by atoms with van der Waals surface area (Å²) in [5, 5.41) is 11.4. The Hall–Kier alpha value is -1.99. The molecular weight excluding hydrogens is 484 g/mol. The van der Waals surface area contributed by atoms with E-state index < -0.39 is 46.9 Å². The van der Waals surface area contributed by atoms with Gasteiger partial charge in [0, 0.05) is 40.9 Å². The number of rotatable bonds is 6. The van der Waals surface area contributed by atoms with Gasteiger partial charge in [0.05, 0.1) is 6.10 Å². The number of halogens is 1. The molecule has 0 aromatic rings. The van der Waals surface area contributed by atoms with Gasteiger partial charge in [0.15, 0.2) is 18.0 Å². The Morgan fingerprint density at radius 3 is 2.47 bits per heavy atom. The molecule has 0 heterocycles. The van der Waals surface area contributed by atoms with Crippen molar-refractivity contribution in [2.75, 3.05) is 6.61 Å².